The predicted molar refractivity (Wildman–Crippen MR) is 144 cm³/mol. The van der Waals surface area contributed by atoms with Gasteiger partial charge < -0.3 is 14.2 Å². The second-order valence-electron chi connectivity index (χ2n) is 9.83. The molecular formula is C26H29N9OS. The maximum absolute atomic E-state index is 5.63. The smallest absolute Gasteiger partial charge is 0.162 e. The molecule has 1 aromatic carbocycles. The van der Waals surface area contributed by atoms with Crippen LogP contribution in [-0.4, -0.2) is 79.2 Å². The highest BCUT2D eigenvalue weighted by Crippen LogP contribution is 2.37. The van der Waals surface area contributed by atoms with Crippen LogP contribution >= 0.6 is 11.3 Å². The van der Waals surface area contributed by atoms with Gasteiger partial charge >= 0.3 is 0 Å². The number of nitrogens with one attached hydrogen (secondary N) is 1. The molecule has 7 rings (SSSR count). The summed E-state index contributed by atoms with van der Waals surface area (Å²) in [5.41, 5.74) is 3.01. The number of thiophene rings is 1. The molecule has 0 atom stereocenters. The first-order valence-corrected chi connectivity index (χ1v) is 13.7. The van der Waals surface area contributed by atoms with Gasteiger partial charge in [-0.15, -0.1) is 21.5 Å². The van der Waals surface area contributed by atoms with E-state index < -0.39 is 0 Å². The van der Waals surface area contributed by atoms with Crippen LogP contribution < -0.4 is 4.90 Å². The molecule has 1 N–H and O–H groups in total. The first kappa shape index (κ1) is 22.8. The summed E-state index contributed by atoms with van der Waals surface area (Å²) in [6.45, 7) is 8.21. The first-order chi connectivity index (χ1) is 18.2. The van der Waals surface area contributed by atoms with Gasteiger partial charge in [-0.25, -0.2) is 9.97 Å². The zero-order valence-electron chi connectivity index (χ0n) is 20.8. The van der Waals surface area contributed by atoms with Crippen LogP contribution in [-0.2, 0) is 11.3 Å². The van der Waals surface area contributed by atoms with E-state index in [1.807, 2.05) is 42.9 Å². The normalized spacial score (nSPS) is 17.8. The molecule has 0 unspecified atom stereocenters. The Balaban J connectivity index is 1.20. The Morgan fingerprint density at radius 3 is 2.78 bits per heavy atom. The van der Waals surface area contributed by atoms with Crippen molar-refractivity contribution in [3.8, 4) is 11.4 Å². The minimum atomic E-state index is 0.487. The number of likely N-dealkylation sites (tertiary alicyclic amines) is 1. The second kappa shape index (κ2) is 9.47. The van der Waals surface area contributed by atoms with Crippen molar-refractivity contribution in [3.63, 3.8) is 0 Å². The van der Waals surface area contributed by atoms with E-state index in [1.165, 1.54) is 4.88 Å². The lowest BCUT2D eigenvalue weighted by atomic mass is 10.0. The van der Waals surface area contributed by atoms with Gasteiger partial charge in [0.15, 0.2) is 11.6 Å². The number of nitrogens with zero attached hydrogens (tertiary/aromatic N) is 8. The van der Waals surface area contributed by atoms with E-state index in [1.54, 1.807) is 0 Å². The molecule has 0 bridgehead atoms. The molecule has 6 heterocycles. The fraction of sp³-hybridized carbons (Fsp3) is 0.423. The highest BCUT2D eigenvalue weighted by atomic mass is 32.1. The maximum Gasteiger partial charge on any atom is 0.162 e. The number of ether oxygens (including phenoxy) is 1. The minimum absolute atomic E-state index is 0.487. The molecule has 0 radical (unpaired) electrons. The summed E-state index contributed by atoms with van der Waals surface area (Å²) in [4.78, 5) is 16.4. The third-order valence-corrected chi connectivity index (χ3v) is 8.63. The highest BCUT2D eigenvalue weighted by molar-refractivity contribution is 7.19. The number of morpholine rings is 1. The standard InChI is InChI=1S/C26H29N9OS/c1-17-31-28-16-35(17)18-5-7-33(8-6-18)15-19-13-23-24(37-19)26(34-9-11-36-12-10-34)30-25(29-23)20-3-2-4-22-21(20)14-27-32-22/h2-4,13-14,16,18H,5-12,15H2,1H3,(H,27,32). The average Bonchev–Trinajstić information content (AvgIpc) is 3.68. The molecule has 0 amide bonds. The van der Waals surface area contributed by atoms with Crippen LogP contribution in [0.2, 0.25) is 0 Å². The Morgan fingerprint density at radius 2 is 1.97 bits per heavy atom. The molecule has 4 aromatic heterocycles. The minimum Gasteiger partial charge on any atom is -0.378 e. The number of hydrogen-bond acceptors (Lipinski definition) is 9. The number of fused-ring (bicyclic) bond motifs is 2. The van der Waals surface area contributed by atoms with Crippen LogP contribution in [0.15, 0.2) is 36.8 Å². The van der Waals surface area contributed by atoms with Crippen molar-refractivity contribution in [2.24, 2.45) is 0 Å². The largest absolute Gasteiger partial charge is 0.378 e. The molecule has 0 saturated carbocycles. The lowest BCUT2D eigenvalue weighted by molar-refractivity contribution is 0.122. The Labute approximate surface area is 218 Å². The van der Waals surface area contributed by atoms with E-state index in [0.717, 1.165) is 103 Å². The Morgan fingerprint density at radius 1 is 1.11 bits per heavy atom. The summed E-state index contributed by atoms with van der Waals surface area (Å²) in [6, 6.07) is 8.89. The van der Waals surface area contributed by atoms with E-state index in [4.69, 9.17) is 14.7 Å². The third kappa shape index (κ3) is 4.26. The van der Waals surface area contributed by atoms with E-state index >= 15 is 0 Å². The van der Waals surface area contributed by atoms with E-state index in [-0.39, 0.29) is 0 Å². The maximum atomic E-state index is 5.63. The van der Waals surface area contributed by atoms with Gasteiger partial charge in [-0.3, -0.25) is 10.00 Å². The average molecular weight is 516 g/mol. The Kier molecular flexibility index (Phi) is 5.83. The lowest BCUT2D eigenvalue weighted by Crippen LogP contribution is -2.36. The molecule has 10 nitrogen and oxygen atoms in total. The number of benzene rings is 1. The Bertz CT molecular complexity index is 1540. The van der Waals surface area contributed by atoms with Crippen LogP contribution in [0.1, 0.15) is 29.6 Å². The highest BCUT2D eigenvalue weighted by Gasteiger charge is 2.24. The Hall–Kier alpha value is -3.41. The van der Waals surface area contributed by atoms with Crippen LogP contribution in [0.4, 0.5) is 5.82 Å². The van der Waals surface area contributed by atoms with Crippen LogP contribution in [0.25, 0.3) is 32.5 Å². The van der Waals surface area contributed by atoms with Crippen molar-refractivity contribution >= 4 is 38.3 Å². The summed E-state index contributed by atoms with van der Waals surface area (Å²) < 4.78 is 9.02. The molecule has 0 spiro atoms. The number of aryl methyl sites for hydroxylation is 1. The fourth-order valence-corrected chi connectivity index (χ4v) is 6.71. The summed E-state index contributed by atoms with van der Waals surface area (Å²) in [7, 11) is 0. The molecule has 2 aliphatic heterocycles. The number of aromatic nitrogens is 7. The van der Waals surface area contributed by atoms with Gasteiger partial charge in [0.25, 0.3) is 0 Å². The molecular weight excluding hydrogens is 486 g/mol. The van der Waals surface area contributed by atoms with E-state index in [2.05, 4.69) is 46.9 Å². The van der Waals surface area contributed by atoms with Gasteiger partial charge in [0, 0.05) is 54.6 Å². The van der Waals surface area contributed by atoms with Gasteiger partial charge in [0.05, 0.1) is 35.1 Å². The number of aromatic amines is 1. The predicted octanol–water partition coefficient (Wildman–Crippen LogP) is 3.81. The van der Waals surface area contributed by atoms with Gasteiger partial charge in [-0.2, -0.15) is 5.10 Å². The zero-order chi connectivity index (χ0) is 24.8. The van der Waals surface area contributed by atoms with Crippen LogP contribution in [0, 0.1) is 6.92 Å². The molecule has 2 saturated heterocycles. The van der Waals surface area contributed by atoms with Crippen molar-refractivity contribution in [2.75, 3.05) is 44.3 Å². The quantitative estimate of drug-likeness (QED) is 0.377. The lowest BCUT2D eigenvalue weighted by Gasteiger charge is -2.32. The molecule has 11 heteroatoms. The van der Waals surface area contributed by atoms with Gasteiger partial charge in [-0.05, 0) is 31.9 Å². The topological polar surface area (TPSA) is 101 Å². The van der Waals surface area contributed by atoms with Gasteiger partial charge in [0.2, 0.25) is 0 Å². The zero-order valence-corrected chi connectivity index (χ0v) is 21.6. The fourth-order valence-electron chi connectivity index (χ4n) is 5.55. The molecule has 2 aliphatic rings. The van der Waals surface area contributed by atoms with Crippen molar-refractivity contribution in [1.82, 2.24) is 39.8 Å². The van der Waals surface area contributed by atoms with E-state index in [9.17, 15) is 0 Å². The summed E-state index contributed by atoms with van der Waals surface area (Å²) in [5.74, 6) is 2.76. The third-order valence-electron chi connectivity index (χ3n) is 7.52. The summed E-state index contributed by atoms with van der Waals surface area (Å²) in [5, 5.41) is 16.6. The summed E-state index contributed by atoms with van der Waals surface area (Å²) in [6.07, 6.45) is 5.95. The van der Waals surface area contributed by atoms with Crippen LogP contribution in [0.5, 0.6) is 0 Å². The number of piperidine rings is 1. The van der Waals surface area contributed by atoms with E-state index in [0.29, 0.717) is 6.04 Å². The first-order valence-electron chi connectivity index (χ1n) is 12.9. The summed E-state index contributed by atoms with van der Waals surface area (Å²) >= 11 is 1.83. The number of rotatable bonds is 5. The molecule has 0 aliphatic carbocycles. The monoisotopic (exact) mass is 515 g/mol. The number of hydrogen-bond donors (Lipinski definition) is 1. The molecule has 2 fully saturated rings. The van der Waals surface area contributed by atoms with Gasteiger partial charge in [0.1, 0.15) is 12.2 Å². The SMILES string of the molecule is Cc1nncn1C1CCN(Cc2cc3nc(-c4cccc5[nH]ncc45)nc(N4CCOCC4)c3s2)CC1. The van der Waals surface area contributed by atoms with Crippen molar-refractivity contribution in [3.05, 3.63) is 47.5 Å². The number of H-pyrrole nitrogens is 1. The van der Waals surface area contributed by atoms with Gasteiger partial charge in [-0.1, -0.05) is 12.1 Å². The van der Waals surface area contributed by atoms with Crippen molar-refractivity contribution < 1.29 is 4.74 Å². The number of anilines is 1. The molecule has 5 aromatic rings. The second-order valence-corrected chi connectivity index (χ2v) is 11.0. The molecule has 190 valence electrons. The van der Waals surface area contributed by atoms with Crippen molar-refractivity contribution in [1.29, 1.82) is 0 Å². The van der Waals surface area contributed by atoms with Crippen molar-refractivity contribution in [2.45, 2.75) is 32.4 Å². The van der Waals surface area contributed by atoms with Crippen LogP contribution in [0.3, 0.4) is 0 Å². The molecule has 37 heavy (non-hydrogen) atoms.